The number of nitriles is 1. The Kier molecular flexibility index (Phi) is 2.98. The van der Waals surface area contributed by atoms with Crippen LogP contribution in [0.3, 0.4) is 0 Å². The minimum Gasteiger partial charge on any atom is -0.295 e. The van der Waals surface area contributed by atoms with Crippen LogP contribution in [0.25, 0.3) is 0 Å². The lowest BCUT2D eigenvalue weighted by Crippen LogP contribution is -2.54. The van der Waals surface area contributed by atoms with E-state index in [1.807, 2.05) is 0 Å². The van der Waals surface area contributed by atoms with Crippen molar-refractivity contribution in [2.24, 2.45) is 0 Å². The van der Waals surface area contributed by atoms with Crippen LogP contribution >= 0.6 is 0 Å². The average molecular weight is 180 g/mol. The second kappa shape index (κ2) is 3.67. The summed E-state index contributed by atoms with van der Waals surface area (Å²) in [5, 5.41) is 12.7. The van der Waals surface area contributed by atoms with E-state index in [4.69, 9.17) is 0 Å². The van der Waals surface area contributed by atoms with E-state index in [1.54, 1.807) is 0 Å². The largest absolute Gasteiger partial charge is 0.295 e. The molecule has 0 saturated heterocycles. The van der Waals surface area contributed by atoms with Crippen LogP contribution in [-0.4, -0.2) is 11.1 Å². The molecule has 0 bridgehead atoms. The van der Waals surface area contributed by atoms with Crippen LogP contribution in [0.15, 0.2) is 0 Å². The maximum absolute atomic E-state index is 9.19. The number of rotatable bonds is 1. The van der Waals surface area contributed by atoms with Crippen molar-refractivity contribution in [1.29, 1.82) is 5.26 Å². The minimum absolute atomic E-state index is 0.0487. The second-order valence-electron chi connectivity index (χ2n) is 5.13. The minimum atomic E-state index is -0.240. The van der Waals surface area contributed by atoms with Gasteiger partial charge in [0.1, 0.15) is 5.54 Å². The molecule has 2 nitrogen and oxygen atoms in total. The van der Waals surface area contributed by atoms with Gasteiger partial charge in [-0.3, -0.25) is 5.32 Å². The summed E-state index contributed by atoms with van der Waals surface area (Å²) < 4.78 is 0. The number of hydrogen-bond donors (Lipinski definition) is 1. The molecule has 0 spiro atoms. The molecule has 0 aromatic carbocycles. The molecule has 0 aromatic heterocycles. The predicted octanol–water partition coefficient (Wildman–Crippen LogP) is 2.60. The van der Waals surface area contributed by atoms with Crippen LogP contribution in [0.1, 0.15) is 52.9 Å². The van der Waals surface area contributed by atoms with E-state index in [0.717, 1.165) is 12.8 Å². The molecule has 0 atom stereocenters. The molecule has 1 rings (SSSR count). The molecule has 1 aliphatic carbocycles. The van der Waals surface area contributed by atoms with Crippen molar-refractivity contribution < 1.29 is 0 Å². The van der Waals surface area contributed by atoms with Gasteiger partial charge in [-0.05, 0) is 33.6 Å². The Hall–Kier alpha value is -0.550. The number of hydrogen-bond acceptors (Lipinski definition) is 2. The fourth-order valence-corrected chi connectivity index (χ4v) is 2.14. The van der Waals surface area contributed by atoms with E-state index in [2.05, 4.69) is 32.2 Å². The van der Waals surface area contributed by atoms with Gasteiger partial charge in [0.25, 0.3) is 0 Å². The molecule has 2 heteroatoms. The molecule has 0 unspecified atom stereocenters. The lowest BCUT2D eigenvalue weighted by atomic mass is 9.81. The second-order valence-corrected chi connectivity index (χ2v) is 5.13. The van der Waals surface area contributed by atoms with E-state index in [9.17, 15) is 5.26 Å². The van der Waals surface area contributed by atoms with Gasteiger partial charge in [-0.2, -0.15) is 5.26 Å². The highest BCUT2D eigenvalue weighted by molar-refractivity contribution is 5.10. The zero-order valence-corrected chi connectivity index (χ0v) is 8.98. The number of nitrogens with zero attached hydrogens (tertiary/aromatic N) is 1. The zero-order valence-electron chi connectivity index (χ0n) is 8.98. The van der Waals surface area contributed by atoms with Crippen molar-refractivity contribution >= 4 is 0 Å². The summed E-state index contributed by atoms with van der Waals surface area (Å²) in [6.07, 6.45) is 5.70. The predicted molar refractivity (Wildman–Crippen MR) is 54.3 cm³/mol. The molecule has 1 N–H and O–H groups in total. The average Bonchev–Trinajstić information content (AvgIpc) is 2.03. The van der Waals surface area contributed by atoms with E-state index >= 15 is 0 Å². The van der Waals surface area contributed by atoms with Gasteiger partial charge in [0.05, 0.1) is 6.07 Å². The Bertz CT molecular complexity index is 201. The monoisotopic (exact) mass is 180 g/mol. The first kappa shape index (κ1) is 10.5. The van der Waals surface area contributed by atoms with Crippen molar-refractivity contribution in [2.75, 3.05) is 0 Å². The highest BCUT2D eigenvalue weighted by Crippen LogP contribution is 2.29. The van der Waals surface area contributed by atoms with Crippen molar-refractivity contribution in [2.45, 2.75) is 64.0 Å². The molecular formula is C11H20N2. The van der Waals surface area contributed by atoms with Gasteiger partial charge < -0.3 is 0 Å². The molecule has 0 aliphatic heterocycles. The normalized spacial score (nSPS) is 22.3. The molecular weight excluding hydrogens is 160 g/mol. The molecule has 0 radical (unpaired) electrons. The molecule has 1 fully saturated rings. The summed E-state index contributed by atoms with van der Waals surface area (Å²) in [6, 6.07) is 2.46. The van der Waals surface area contributed by atoms with Crippen LogP contribution < -0.4 is 5.32 Å². The van der Waals surface area contributed by atoms with Crippen LogP contribution in [0.2, 0.25) is 0 Å². The highest BCUT2D eigenvalue weighted by Gasteiger charge is 2.34. The first-order chi connectivity index (χ1) is 5.97. The lowest BCUT2D eigenvalue weighted by Gasteiger charge is -2.37. The van der Waals surface area contributed by atoms with E-state index in [-0.39, 0.29) is 11.1 Å². The fourth-order valence-electron chi connectivity index (χ4n) is 2.14. The molecule has 0 amide bonds. The van der Waals surface area contributed by atoms with Crippen LogP contribution in [-0.2, 0) is 0 Å². The maximum Gasteiger partial charge on any atom is 0.107 e. The van der Waals surface area contributed by atoms with Crippen LogP contribution in [0.4, 0.5) is 0 Å². The molecule has 1 aliphatic rings. The number of nitrogens with one attached hydrogen (secondary N) is 1. The third-order valence-corrected chi connectivity index (χ3v) is 2.54. The standard InChI is InChI=1S/C11H20N2/c1-10(2,3)13-11(9-12)7-5-4-6-8-11/h13H,4-8H2,1-3H3. The third-order valence-electron chi connectivity index (χ3n) is 2.54. The Balaban J connectivity index is 2.65. The van der Waals surface area contributed by atoms with E-state index < -0.39 is 0 Å². The Morgan fingerprint density at radius 2 is 1.69 bits per heavy atom. The molecule has 74 valence electrons. The summed E-state index contributed by atoms with van der Waals surface area (Å²) in [5.74, 6) is 0. The van der Waals surface area contributed by atoms with E-state index in [1.165, 1.54) is 19.3 Å². The van der Waals surface area contributed by atoms with Crippen molar-refractivity contribution in [3.8, 4) is 6.07 Å². The molecule has 0 aromatic rings. The van der Waals surface area contributed by atoms with Gasteiger partial charge in [0.2, 0.25) is 0 Å². The first-order valence-corrected chi connectivity index (χ1v) is 5.18. The SMILES string of the molecule is CC(C)(C)NC1(C#N)CCCCC1. The lowest BCUT2D eigenvalue weighted by molar-refractivity contribution is 0.234. The van der Waals surface area contributed by atoms with Crippen LogP contribution in [0, 0.1) is 11.3 Å². The molecule has 0 heterocycles. The smallest absolute Gasteiger partial charge is 0.107 e. The fraction of sp³-hybridized carbons (Fsp3) is 0.909. The van der Waals surface area contributed by atoms with Gasteiger partial charge in [0.15, 0.2) is 0 Å². The van der Waals surface area contributed by atoms with Crippen molar-refractivity contribution in [1.82, 2.24) is 5.32 Å². The zero-order chi connectivity index (χ0) is 9.95. The summed E-state index contributed by atoms with van der Waals surface area (Å²) >= 11 is 0. The summed E-state index contributed by atoms with van der Waals surface area (Å²) in [5.41, 5.74) is -0.191. The summed E-state index contributed by atoms with van der Waals surface area (Å²) in [6.45, 7) is 6.38. The van der Waals surface area contributed by atoms with Gasteiger partial charge >= 0.3 is 0 Å². The Morgan fingerprint density at radius 1 is 1.15 bits per heavy atom. The van der Waals surface area contributed by atoms with Gasteiger partial charge in [0, 0.05) is 5.54 Å². The quantitative estimate of drug-likeness (QED) is 0.673. The molecule has 13 heavy (non-hydrogen) atoms. The topological polar surface area (TPSA) is 35.8 Å². The first-order valence-electron chi connectivity index (χ1n) is 5.18. The van der Waals surface area contributed by atoms with Gasteiger partial charge in [-0.1, -0.05) is 19.3 Å². The van der Waals surface area contributed by atoms with Crippen molar-refractivity contribution in [3.63, 3.8) is 0 Å². The van der Waals surface area contributed by atoms with Crippen molar-refractivity contribution in [3.05, 3.63) is 0 Å². The Morgan fingerprint density at radius 3 is 2.08 bits per heavy atom. The summed E-state index contributed by atoms with van der Waals surface area (Å²) in [4.78, 5) is 0. The maximum atomic E-state index is 9.19. The van der Waals surface area contributed by atoms with Gasteiger partial charge in [-0.25, -0.2) is 0 Å². The van der Waals surface area contributed by atoms with Crippen LogP contribution in [0.5, 0.6) is 0 Å². The van der Waals surface area contributed by atoms with E-state index in [0.29, 0.717) is 0 Å². The summed E-state index contributed by atoms with van der Waals surface area (Å²) in [7, 11) is 0. The Labute approximate surface area is 81.3 Å². The van der Waals surface area contributed by atoms with Gasteiger partial charge in [-0.15, -0.1) is 0 Å². The molecule has 1 saturated carbocycles. The third kappa shape index (κ3) is 3.00. The highest BCUT2D eigenvalue weighted by atomic mass is 15.0.